The molecular weight excluding hydrogens is 134 g/mol. The lowest BCUT2D eigenvalue weighted by Gasteiger charge is -2.06. The van der Waals surface area contributed by atoms with Gasteiger partial charge in [-0.2, -0.15) is 0 Å². The zero-order chi connectivity index (χ0) is 7.28. The summed E-state index contributed by atoms with van der Waals surface area (Å²) in [6.07, 6.45) is 1.71. The monoisotopic (exact) mass is 145 g/mol. The molecule has 9 heavy (non-hydrogen) atoms. The summed E-state index contributed by atoms with van der Waals surface area (Å²) in [7, 11) is 3.47. The van der Waals surface area contributed by atoms with Crippen molar-refractivity contribution in [1.29, 1.82) is 0 Å². The molecule has 0 rings (SSSR count). The van der Waals surface area contributed by atoms with E-state index in [9.17, 15) is 4.79 Å². The van der Waals surface area contributed by atoms with Crippen LogP contribution in [-0.4, -0.2) is 30.0 Å². The third kappa shape index (κ3) is 4.09. The van der Waals surface area contributed by atoms with Crippen LogP contribution in [-0.2, 0) is 0 Å². The van der Waals surface area contributed by atoms with E-state index in [1.807, 2.05) is 0 Å². The number of nitrogens with zero attached hydrogens (tertiary/aromatic N) is 1. The Labute approximate surface area is 59.9 Å². The second kappa shape index (κ2) is 4.44. The summed E-state index contributed by atoms with van der Waals surface area (Å²) in [5, 5.41) is 0.0786. The molecule has 0 unspecified atom stereocenters. The SMILES string of the molecule is C=CCSC(=O)N(C)C. The molecule has 3 heteroatoms. The van der Waals surface area contributed by atoms with E-state index in [1.165, 1.54) is 11.8 Å². The van der Waals surface area contributed by atoms with Crippen molar-refractivity contribution in [2.24, 2.45) is 0 Å². The normalized spacial score (nSPS) is 8.67. The summed E-state index contributed by atoms with van der Waals surface area (Å²) in [6.45, 7) is 3.50. The Kier molecular flexibility index (Phi) is 4.22. The summed E-state index contributed by atoms with van der Waals surface area (Å²) in [6, 6.07) is 0. The Morgan fingerprint density at radius 1 is 1.78 bits per heavy atom. The van der Waals surface area contributed by atoms with Gasteiger partial charge in [0.1, 0.15) is 0 Å². The fraction of sp³-hybridized carbons (Fsp3) is 0.500. The standard InChI is InChI=1S/C6H11NOS/c1-4-5-9-6(8)7(2)3/h4H,1,5H2,2-3H3. The molecule has 0 aliphatic rings. The molecule has 0 heterocycles. The lowest BCUT2D eigenvalue weighted by Crippen LogP contribution is -2.16. The fourth-order valence-electron chi connectivity index (χ4n) is 0.259. The van der Waals surface area contributed by atoms with Crippen LogP contribution in [0.3, 0.4) is 0 Å². The zero-order valence-corrected chi connectivity index (χ0v) is 6.57. The molecule has 0 aliphatic carbocycles. The van der Waals surface area contributed by atoms with Gasteiger partial charge in [-0.15, -0.1) is 6.58 Å². The molecule has 52 valence electrons. The van der Waals surface area contributed by atoms with E-state index in [4.69, 9.17) is 0 Å². The van der Waals surface area contributed by atoms with Crippen molar-refractivity contribution in [2.45, 2.75) is 0 Å². The molecule has 0 saturated carbocycles. The summed E-state index contributed by atoms with van der Waals surface area (Å²) >= 11 is 1.25. The second-order valence-electron chi connectivity index (χ2n) is 1.76. The molecule has 0 spiro atoms. The number of hydrogen-bond donors (Lipinski definition) is 0. The lowest BCUT2D eigenvalue weighted by molar-refractivity contribution is 0.241. The maximum atomic E-state index is 10.7. The van der Waals surface area contributed by atoms with E-state index in [0.29, 0.717) is 5.75 Å². The van der Waals surface area contributed by atoms with Gasteiger partial charge in [-0.25, -0.2) is 0 Å². The summed E-state index contributed by atoms with van der Waals surface area (Å²) in [5.74, 6) is 0.691. The van der Waals surface area contributed by atoms with Gasteiger partial charge in [0, 0.05) is 19.8 Å². The number of amides is 1. The number of hydrogen-bond acceptors (Lipinski definition) is 2. The highest BCUT2D eigenvalue weighted by atomic mass is 32.2. The fourth-order valence-corrected chi connectivity index (χ4v) is 0.778. The van der Waals surface area contributed by atoms with Crippen LogP contribution in [0.5, 0.6) is 0 Å². The Balaban J connectivity index is 3.38. The number of carbonyl (C=O) groups is 1. The Morgan fingerprint density at radius 2 is 2.33 bits per heavy atom. The quantitative estimate of drug-likeness (QED) is 0.550. The van der Waals surface area contributed by atoms with Gasteiger partial charge in [-0.3, -0.25) is 4.79 Å². The van der Waals surface area contributed by atoms with Gasteiger partial charge in [0.25, 0.3) is 5.24 Å². The summed E-state index contributed by atoms with van der Waals surface area (Å²) in [4.78, 5) is 12.3. The van der Waals surface area contributed by atoms with Gasteiger partial charge < -0.3 is 4.90 Å². The molecule has 0 aromatic rings. The van der Waals surface area contributed by atoms with Crippen LogP contribution in [0.4, 0.5) is 4.79 Å². The minimum Gasteiger partial charge on any atom is -0.340 e. The molecule has 0 saturated heterocycles. The van der Waals surface area contributed by atoms with Crippen LogP contribution in [0.1, 0.15) is 0 Å². The topological polar surface area (TPSA) is 20.3 Å². The predicted molar refractivity (Wildman–Crippen MR) is 41.7 cm³/mol. The first kappa shape index (κ1) is 8.56. The van der Waals surface area contributed by atoms with Crippen molar-refractivity contribution < 1.29 is 4.79 Å². The number of thioether (sulfide) groups is 1. The lowest BCUT2D eigenvalue weighted by atomic mass is 10.8. The molecular formula is C6H11NOS. The summed E-state index contributed by atoms with van der Waals surface area (Å²) in [5.41, 5.74) is 0. The Bertz CT molecular complexity index is 112. The van der Waals surface area contributed by atoms with Gasteiger partial charge in [0.05, 0.1) is 0 Å². The molecule has 0 atom stereocenters. The van der Waals surface area contributed by atoms with E-state index >= 15 is 0 Å². The molecule has 0 N–H and O–H groups in total. The van der Waals surface area contributed by atoms with Gasteiger partial charge >= 0.3 is 0 Å². The van der Waals surface area contributed by atoms with E-state index < -0.39 is 0 Å². The van der Waals surface area contributed by atoms with Crippen molar-refractivity contribution in [3.63, 3.8) is 0 Å². The van der Waals surface area contributed by atoms with E-state index in [2.05, 4.69) is 6.58 Å². The number of carbonyl (C=O) groups excluding carboxylic acids is 1. The Morgan fingerprint density at radius 3 is 2.67 bits per heavy atom. The highest BCUT2D eigenvalue weighted by Gasteiger charge is 2.00. The average molecular weight is 145 g/mol. The molecule has 0 aliphatic heterocycles. The van der Waals surface area contributed by atoms with Gasteiger partial charge in [0.2, 0.25) is 0 Å². The first-order chi connectivity index (χ1) is 4.18. The van der Waals surface area contributed by atoms with Crippen LogP contribution in [0.15, 0.2) is 12.7 Å². The maximum Gasteiger partial charge on any atom is 0.281 e. The third-order valence-electron chi connectivity index (χ3n) is 0.690. The molecule has 0 aromatic carbocycles. The van der Waals surface area contributed by atoms with Crippen molar-refractivity contribution in [3.8, 4) is 0 Å². The molecule has 2 nitrogen and oxygen atoms in total. The molecule has 0 aromatic heterocycles. The van der Waals surface area contributed by atoms with E-state index in [-0.39, 0.29) is 5.24 Å². The van der Waals surface area contributed by atoms with Crippen molar-refractivity contribution in [3.05, 3.63) is 12.7 Å². The van der Waals surface area contributed by atoms with E-state index in [0.717, 1.165) is 0 Å². The van der Waals surface area contributed by atoms with Gasteiger partial charge in [0.15, 0.2) is 0 Å². The number of rotatable bonds is 2. The molecule has 0 radical (unpaired) electrons. The van der Waals surface area contributed by atoms with Crippen LogP contribution in [0, 0.1) is 0 Å². The highest BCUT2D eigenvalue weighted by Crippen LogP contribution is 2.04. The highest BCUT2D eigenvalue weighted by molar-refractivity contribution is 8.13. The van der Waals surface area contributed by atoms with Gasteiger partial charge in [-0.05, 0) is 0 Å². The zero-order valence-electron chi connectivity index (χ0n) is 5.76. The largest absolute Gasteiger partial charge is 0.340 e. The Hall–Kier alpha value is -0.440. The van der Waals surface area contributed by atoms with Crippen molar-refractivity contribution in [1.82, 2.24) is 4.90 Å². The van der Waals surface area contributed by atoms with Crippen LogP contribution in [0.2, 0.25) is 0 Å². The van der Waals surface area contributed by atoms with Gasteiger partial charge in [-0.1, -0.05) is 17.8 Å². The predicted octanol–water partition coefficient (Wildman–Crippen LogP) is 1.59. The molecule has 0 fully saturated rings. The first-order valence-electron chi connectivity index (χ1n) is 2.63. The van der Waals surface area contributed by atoms with Crippen molar-refractivity contribution >= 4 is 17.0 Å². The molecule has 0 bridgehead atoms. The second-order valence-corrected chi connectivity index (χ2v) is 2.73. The smallest absolute Gasteiger partial charge is 0.281 e. The molecule has 1 amide bonds. The minimum atomic E-state index is 0.0786. The first-order valence-corrected chi connectivity index (χ1v) is 3.62. The van der Waals surface area contributed by atoms with Crippen molar-refractivity contribution in [2.75, 3.05) is 19.8 Å². The third-order valence-corrected chi connectivity index (χ3v) is 1.70. The van der Waals surface area contributed by atoms with Crippen LogP contribution >= 0.6 is 11.8 Å². The van der Waals surface area contributed by atoms with Crippen LogP contribution < -0.4 is 0 Å². The maximum absolute atomic E-state index is 10.7. The summed E-state index contributed by atoms with van der Waals surface area (Å²) < 4.78 is 0. The van der Waals surface area contributed by atoms with E-state index in [1.54, 1.807) is 25.1 Å². The average Bonchev–Trinajstić information content (AvgIpc) is 1.82. The van der Waals surface area contributed by atoms with Crippen LogP contribution in [0.25, 0.3) is 0 Å². The minimum absolute atomic E-state index is 0.0786.